The van der Waals surface area contributed by atoms with E-state index < -0.39 is 0 Å². The van der Waals surface area contributed by atoms with Gasteiger partial charge in [-0.05, 0) is 53.4 Å². The summed E-state index contributed by atoms with van der Waals surface area (Å²) < 4.78 is 14.4. The molecular formula is C20H15FN2. The summed E-state index contributed by atoms with van der Waals surface area (Å²) in [6.07, 6.45) is 3.59. The van der Waals surface area contributed by atoms with Crippen molar-refractivity contribution in [1.82, 2.24) is 4.98 Å². The molecule has 0 fully saturated rings. The maximum absolute atomic E-state index is 14.4. The fraction of sp³-hybridized carbons (Fsp3) is 0.100. The molecule has 0 amide bonds. The Morgan fingerprint density at radius 1 is 1.00 bits per heavy atom. The highest BCUT2D eigenvalue weighted by Crippen LogP contribution is 2.33. The van der Waals surface area contributed by atoms with Crippen LogP contribution in [0, 0.1) is 12.7 Å². The normalized spacial score (nSPS) is 12.4. The van der Waals surface area contributed by atoms with Gasteiger partial charge in [-0.2, -0.15) is 0 Å². The van der Waals surface area contributed by atoms with Gasteiger partial charge in [-0.3, -0.25) is 9.98 Å². The number of hydrogen-bond acceptors (Lipinski definition) is 2. The summed E-state index contributed by atoms with van der Waals surface area (Å²) in [4.78, 5) is 8.73. The molecular weight excluding hydrogens is 287 g/mol. The number of hydrogen-bond donors (Lipinski definition) is 0. The second kappa shape index (κ2) is 5.43. The molecule has 0 bridgehead atoms. The monoisotopic (exact) mass is 302 g/mol. The van der Waals surface area contributed by atoms with Crippen LogP contribution in [-0.4, -0.2) is 11.2 Å². The van der Waals surface area contributed by atoms with Crippen molar-refractivity contribution in [1.29, 1.82) is 0 Å². The van der Waals surface area contributed by atoms with Crippen molar-refractivity contribution in [3.8, 4) is 22.4 Å². The molecule has 1 aromatic heterocycles. The summed E-state index contributed by atoms with van der Waals surface area (Å²) in [6, 6.07) is 15.3. The molecule has 3 heteroatoms. The van der Waals surface area contributed by atoms with Crippen LogP contribution in [-0.2, 0) is 6.54 Å². The summed E-state index contributed by atoms with van der Waals surface area (Å²) in [6.45, 7) is 2.62. The Bertz CT molecular complexity index is 929. The molecule has 2 heterocycles. The second-order valence-electron chi connectivity index (χ2n) is 5.77. The van der Waals surface area contributed by atoms with Gasteiger partial charge in [0, 0.05) is 23.5 Å². The van der Waals surface area contributed by atoms with Gasteiger partial charge < -0.3 is 0 Å². The number of fused-ring (bicyclic) bond motifs is 1. The first-order valence-corrected chi connectivity index (χ1v) is 7.57. The van der Waals surface area contributed by atoms with Crippen LogP contribution in [0.1, 0.15) is 16.7 Å². The molecule has 0 aliphatic carbocycles. The molecule has 2 aromatic carbocycles. The second-order valence-corrected chi connectivity index (χ2v) is 5.77. The van der Waals surface area contributed by atoms with E-state index in [2.05, 4.69) is 28.2 Å². The van der Waals surface area contributed by atoms with E-state index in [0.717, 1.165) is 28.8 Å². The minimum atomic E-state index is -0.243. The smallest absolute Gasteiger partial charge is 0.132 e. The standard InChI is InChI=1S/C20H15FN2/c1-13-4-7-18(19(21)9-13)20-17(3-2-8-23-20)14-5-6-15-11-22-12-16(15)10-14/h2-10,12H,11H2,1H3. The summed E-state index contributed by atoms with van der Waals surface area (Å²) in [7, 11) is 0. The Morgan fingerprint density at radius 3 is 2.78 bits per heavy atom. The van der Waals surface area contributed by atoms with E-state index in [1.807, 2.05) is 31.3 Å². The number of aliphatic imine (C=N–C) groups is 1. The molecule has 1 aliphatic heterocycles. The van der Waals surface area contributed by atoms with E-state index in [0.29, 0.717) is 11.3 Å². The third kappa shape index (κ3) is 2.44. The van der Waals surface area contributed by atoms with Crippen LogP contribution in [0.15, 0.2) is 59.7 Å². The number of pyridine rings is 1. The summed E-state index contributed by atoms with van der Waals surface area (Å²) in [5, 5.41) is 0. The van der Waals surface area contributed by atoms with Crippen LogP contribution in [0.3, 0.4) is 0 Å². The van der Waals surface area contributed by atoms with E-state index in [9.17, 15) is 4.39 Å². The Morgan fingerprint density at radius 2 is 1.91 bits per heavy atom. The third-order valence-electron chi connectivity index (χ3n) is 4.14. The van der Waals surface area contributed by atoms with Crippen LogP contribution in [0.25, 0.3) is 22.4 Å². The van der Waals surface area contributed by atoms with Crippen molar-refractivity contribution in [2.75, 3.05) is 0 Å². The highest BCUT2D eigenvalue weighted by atomic mass is 19.1. The topological polar surface area (TPSA) is 25.2 Å². The van der Waals surface area contributed by atoms with Crippen molar-refractivity contribution in [2.24, 2.45) is 4.99 Å². The van der Waals surface area contributed by atoms with Crippen molar-refractivity contribution < 1.29 is 4.39 Å². The number of benzene rings is 2. The minimum absolute atomic E-state index is 0.243. The number of halogens is 1. The number of aromatic nitrogens is 1. The lowest BCUT2D eigenvalue weighted by Gasteiger charge is -2.11. The molecule has 3 aromatic rings. The van der Waals surface area contributed by atoms with Crippen LogP contribution in [0.5, 0.6) is 0 Å². The Kier molecular flexibility index (Phi) is 3.27. The van der Waals surface area contributed by atoms with Crippen LogP contribution < -0.4 is 0 Å². The van der Waals surface area contributed by atoms with Gasteiger partial charge in [0.2, 0.25) is 0 Å². The lowest BCUT2D eigenvalue weighted by atomic mass is 9.96. The summed E-state index contributed by atoms with van der Waals surface area (Å²) >= 11 is 0. The van der Waals surface area contributed by atoms with Crippen LogP contribution >= 0.6 is 0 Å². The van der Waals surface area contributed by atoms with Crippen molar-refractivity contribution in [3.63, 3.8) is 0 Å². The number of aryl methyl sites for hydroxylation is 1. The van der Waals surface area contributed by atoms with Gasteiger partial charge in [-0.25, -0.2) is 4.39 Å². The molecule has 0 atom stereocenters. The molecule has 0 radical (unpaired) electrons. The van der Waals surface area contributed by atoms with Gasteiger partial charge in [-0.15, -0.1) is 0 Å². The fourth-order valence-corrected chi connectivity index (χ4v) is 2.93. The van der Waals surface area contributed by atoms with Crippen molar-refractivity contribution >= 4 is 6.21 Å². The summed E-state index contributed by atoms with van der Waals surface area (Å²) in [5.74, 6) is -0.243. The maximum atomic E-state index is 14.4. The van der Waals surface area contributed by atoms with Gasteiger partial charge in [0.05, 0.1) is 12.2 Å². The third-order valence-corrected chi connectivity index (χ3v) is 4.14. The lowest BCUT2D eigenvalue weighted by molar-refractivity contribution is 0.629. The molecule has 0 spiro atoms. The van der Waals surface area contributed by atoms with Crippen molar-refractivity contribution in [2.45, 2.75) is 13.5 Å². The Labute approximate surface area is 134 Å². The zero-order valence-corrected chi connectivity index (χ0v) is 12.8. The average Bonchev–Trinajstić information content (AvgIpc) is 3.02. The molecule has 1 aliphatic rings. The molecule has 0 saturated carbocycles. The average molecular weight is 302 g/mol. The largest absolute Gasteiger partial charge is 0.288 e. The molecule has 0 saturated heterocycles. The van der Waals surface area contributed by atoms with E-state index in [1.165, 1.54) is 5.56 Å². The molecule has 2 nitrogen and oxygen atoms in total. The first-order chi connectivity index (χ1) is 11.2. The minimum Gasteiger partial charge on any atom is -0.288 e. The highest BCUT2D eigenvalue weighted by molar-refractivity contribution is 5.89. The van der Waals surface area contributed by atoms with Crippen molar-refractivity contribution in [3.05, 3.63) is 77.2 Å². The van der Waals surface area contributed by atoms with E-state index in [1.54, 1.807) is 18.3 Å². The van der Waals surface area contributed by atoms with Gasteiger partial charge in [0.1, 0.15) is 5.82 Å². The van der Waals surface area contributed by atoms with Crippen LogP contribution in [0.4, 0.5) is 4.39 Å². The molecule has 0 N–H and O–H groups in total. The van der Waals surface area contributed by atoms with Gasteiger partial charge in [0.25, 0.3) is 0 Å². The van der Waals surface area contributed by atoms with Gasteiger partial charge in [0.15, 0.2) is 0 Å². The highest BCUT2D eigenvalue weighted by Gasteiger charge is 2.14. The lowest BCUT2D eigenvalue weighted by Crippen LogP contribution is -1.94. The SMILES string of the molecule is Cc1ccc(-c2ncccc2-c2ccc3c(c2)C=NC3)c(F)c1. The summed E-state index contributed by atoms with van der Waals surface area (Å²) in [5.41, 5.74) is 6.40. The van der Waals surface area contributed by atoms with Crippen LogP contribution in [0.2, 0.25) is 0 Å². The molecule has 0 unspecified atom stereocenters. The fourth-order valence-electron chi connectivity index (χ4n) is 2.93. The van der Waals surface area contributed by atoms with E-state index >= 15 is 0 Å². The maximum Gasteiger partial charge on any atom is 0.132 e. The quantitative estimate of drug-likeness (QED) is 0.668. The zero-order valence-electron chi connectivity index (χ0n) is 12.8. The predicted octanol–water partition coefficient (Wildman–Crippen LogP) is 4.80. The number of nitrogens with zero attached hydrogens (tertiary/aromatic N) is 2. The first-order valence-electron chi connectivity index (χ1n) is 7.57. The molecule has 23 heavy (non-hydrogen) atoms. The number of rotatable bonds is 2. The molecule has 4 rings (SSSR count). The Hall–Kier alpha value is -2.81. The van der Waals surface area contributed by atoms with E-state index in [-0.39, 0.29) is 5.82 Å². The Balaban J connectivity index is 1.89. The van der Waals surface area contributed by atoms with Gasteiger partial charge in [-0.1, -0.05) is 24.3 Å². The first kappa shape index (κ1) is 13.8. The molecule has 112 valence electrons. The zero-order chi connectivity index (χ0) is 15.8. The predicted molar refractivity (Wildman–Crippen MR) is 91.1 cm³/mol. The van der Waals surface area contributed by atoms with E-state index in [4.69, 9.17) is 0 Å². The van der Waals surface area contributed by atoms with Gasteiger partial charge >= 0.3 is 0 Å².